The first-order valence-electron chi connectivity index (χ1n) is 7.91. The summed E-state index contributed by atoms with van der Waals surface area (Å²) in [7, 11) is 0. The van der Waals surface area contributed by atoms with Gasteiger partial charge in [0.2, 0.25) is 5.91 Å². The van der Waals surface area contributed by atoms with Crippen LogP contribution in [0.15, 0.2) is 48.5 Å². The fourth-order valence-corrected chi connectivity index (χ4v) is 2.39. The number of fused-ring (bicyclic) bond motifs is 1. The molecule has 1 amide bonds. The third-order valence-electron chi connectivity index (χ3n) is 3.55. The first kappa shape index (κ1) is 16.0. The van der Waals surface area contributed by atoms with Crippen molar-refractivity contribution < 1.29 is 9.53 Å². The van der Waals surface area contributed by atoms with Gasteiger partial charge < -0.3 is 20.8 Å². The average molecular weight is 324 g/mol. The van der Waals surface area contributed by atoms with Gasteiger partial charge in [-0.05, 0) is 36.4 Å². The molecule has 124 valence electrons. The van der Waals surface area contributed by atoms with E-state index in [4.69, 9.17) is 10.5 Å². The Labute approximate surface area is 140 Å². The van der Waals surface area contributed by atoms with Crippen molar-refractivity contribution in [1.82, 2.24) is 9.97 Å². The van der Waals surface area contributed by atoms with Gasteiger partial charge in [-0.15, -0.1) is 0 Å². The molecule has 1 heterocycles. The summed E-state index contributed by atoms with van der Waals surface area (Å²) in [6.07, 6.45) is 0.934. The molecule has 0 spiro atoms. The summed E-state index contributed by atoms with van der Waals surface area (Å²) in [5.41, 5.74) is 8.03. The Morgan fingerprint density at radius 1 is 1.17 bits per heavy atom. The minimum atomic E-state index is -0.0499. The Bertz CT molecular complexity index is 778. The maximum absolute atomic E-state index is 12.1. The Morgan fingerprint density at radius 3 is 2.71 bits per heavy atom. The number of aromatic amines is 1. The standard InChI is InChI=1S/C18H20N4O2/c19-11-12-24-14-7-5-13(6-8-14)20-18(23)10-9-17-21-15-3-1-2-4-16(15)22-17/h1-8H,9-12,19H2,(H,20,23)(H,21,22). The molecule has 1 aromatic heterocycles. The van der Waals surface area contributed by atoms with Gasteiger partial charge in [0.05, 0.1) is 11.0 Å². The molecule has 6 nitrogen and oxygen atoms in total. The van der Waals surface area contributed by atoms with E-state index in [1.54, 1.807) is 0 Å². The molecule has 0 saturated heterocycles. The molecule has 4 N–H and O–H groups in total. The number of anilines is 1. The van der Waals surface area contributed by atoms with Crippen LogP contribution in [0.3, 0.4) is 0 Å². The number of nitrogens with two attached hydrogens (primary N) is 1. The number of benzene rings is 2. The number of nitrogens with one attached hydrogen (secondary N) is 2. The minimum absolute atomic E-state index is 0.0499. The number of hydrogen-bond donors (Lipinski definition) is 3. The number of hydrogen-bond acceptors (Lipinski definition) is 4. The van der Waals surface area contributed by atoms with Gasteiger partial charge in [-0.2, -0.15) is 0 Å². The van der Waals surface area contributed by atoms with E-state index in [2.05, 4.69) is 15.3 Å². The van der Waals surface area contributed by atoms with Crippen LogP contribution in [-0.4, -0.2) is 29.0 Å². The molecule has 0 aliphatic carbocycles. The summed E-state index contributed by atoms with van der Waals surface area (Å²) in [4.78, 5) is 19.8. The van der Waals surface area contributed by atoms with Crippen molar-refractivity contribution in [1.29, 1.82) is 0 Å². The van der Waals surface area contributed by atoms with Crippen LogP contribution in [0.2, 0.25) is 0 Å². The highest BCUT2D eigenvalue weighted by Gasteiger charge is 2.07. The third-order valence-corrected chi connectivity index (χ3v) is 3.55. The second kappa shape index (κ2) is 7.61. The largest absolute Gasteiger partial charge is 0.492 e. The van der Waals surface area contributed by atoms with E-state index in [0.717, 1.165) is 28.3 Å². The number of carbonyl (C=O) groups excluding carboxylic acids is 1. The lowest BCUT2D eigenvalue weighted by molar-refractivity contribution is -0.116. The lowest BCUT2D eigenvalue weighted by atomic mass is 10.2. The highest BCUT2D eigenvalue weighted by molar-refractivity contribution is 5.90. The van der Waals surface area contributed by atoms with Crippen LogP contribution in [0.5, 0.6) is 5.75 Å². The van der Waals surface area contributed by atoms with Crippen molar-refractivity contribution in [2.45, 2.75) is 12.8 Å². The van der Waals surface area contributed by atoms with Gasteiger partial charge in [-0.3, -0.25) is 4.79 Å². The zero-order valence-corrected chi connectivity index (χ0v) is 13.3. The van der Waals surface area contributed by atoms with Crippen molar-refractivity contribution in [3.05, 3.63) is 54.4 Å². The number of nitrogens with zero attached hydrogens (tertiary/aromatic N) is 1. The maximum atomic E-state index is 12.1. The highest BCUT2D eigenvalue weighted by atomic mass is 16.5. The van der Waals surface area contributed by atoms with Gasteiger partial charge in [-0.25, -0.2) is 4.98 Å². The lowest BCUT2D eigenvalue weighted by Gasteiger charge is -2.07. The summed E-state index contributed by atoms with van der Waals surface area (Å²) < 4.78 is 5.40. The molecule has 0 atom stereocenters. The number of rotatable bonds is 7. The monoisotopic (exact) mass is 324 g/mol. The van der Waals surface area contributed by atoms with Crippen LogP contribution in [0.4, 0.5) is 5.69 Å². The zero-order valence-electron chi connectivity index (χ0n) is 13.3. The predicted octanol–water partition coefficient (Wildman–Crippen LogP) is 2.47. The normalized spacial score (nSPS) is 10.7. The van der Waals surface area contributed by atoms with Gasteiger partial charge in [-0.1, -0.05) is 12.1 Å². The second-order valence-electron chi connectivity index (χ2n) is 5.41. The summed E-state index contributed by atoms with van der Waals surface area (Å²) >= 11 is 0. The molecule has 0 unspecified atom stereocenters. The topological polar surface area (TPSA) is 93.0 Å². The molecule has 3 rings (SSSR count). The van der Waals surface area contributed by atoms with Crippen LogP contribution < -0.4 is 15.8 Å². The molecule has 6 heteroatoms. The fourth-order valence-electron chi connectivity index (χ4n) is 2.39. The van der Waals surface area contributed by atoms with Gasteiger partial charge in [0.1, 0.15) is 18.2 Å². The summed E-state index contributed by atoms with van der Waals surface area (Å²) in [5.74, 6) is 1.50. The third kappa shape index (κ3) is 4.11. The zero-order chi connectivity index (χ0) is 16.8. The SMILES string of the molecule is NCCOc1ccc(NC(=O)CCc2nc3ccccc3[nH]2)cc1. The lowest BCUT2D eigenvalue weighted by Crippen LogP contribution is -2.13. The quantitative estimate of drug-likeness (QED) is 0.622. The molecule has 0 saturated carbocycles. The Kier molecular flexibility index (Phi) is 5.08. The molecular formula is C18H20N4O2. The fraction of sp³-hybridized carbons (Fsp3) is 0.222. The van der Waals surface area contributed by atoms with Crippen LogP contribution >= 0.6 is 0 Å². The number of imidazole rings is 1. The van der Waals surface area contributed by atoms with E-state index in [-0.39, 0.29) is 5.91 Å². The van der Waals surface area contributed by atoms with E-state index >= 15 is 0 Å². The van der Waals surface area contributed by atoms with Crippen LogP contribution in [0, 0.1) is 0 Å². The van der Waals surface area contributed by atoms with Gasteiger partial charge in [0, 0.05) is 25.1 Å². The first-order valence-corrected chi connectivity index (χ1v) is 7.91. The molecular weight excluding hydrogens is 304 g/mol. The van der Waals surface area contributed by atoms with Gasteiger partial charge >= 0.3 is 0 Å². The number of carbonyl (C=O) groups is 1. The Hall–Kier alpha value is -2.86. The molecule has 2 aromatic carbocycles. The maximum Gasteiger partial charge on any atom is 0.224 e. The summed E-state index contributed by atoms with van der Waals surface area (Å²) in [5, 5.41) is 2.87. The number of aryl methyl sites for hydroxylation is 1. The molecule has 0 fully saturated rings. The van der Waals surface area contributed by atoms with Crippen LogP contribution in [-0.2, 0) is 11.2 Å². The van der Waals surface area contributed by atoms with Crippen molar-refractivity contribution in [2.75, 3.05) is 18.5 Å². The summed E-state index contributed by atoms with van der Waals surface area (Å²) in [6, 6.07) is 15.1. The van der Waals surface area contributed by atoms with Gasteiger partial charge in [0.25, 0.3) is 0 Å². The average Bonchev–Trinajstić information content (AvgIpc) is 3.02. The molecule has 0 aliphatic rings. The molecule has 3 aromatic rings. The number of H-pyrrole nitrogens is 1. The van der Waals surface area contributed by atoms with Crippen LogP contribution in [0.1, 0.15) is 12.2 Å². The van der Waals surface area contributed by atoms with Crippen molar-refractivity contribution in [2.24, 2.45) is 5.73 Å². The van der Waals surface area contributed by atoms with E-state index in [9.17, 15) is 4.79 Å². The second-order valence-corrected chi connectivity index (χ2v) is 5.41. The van der Waals surface area contributed by atoms with Crippen LogP contribution in [0.25, 0.3) is 11.0 Å². The summed E-state index contributed by atoms with van der Waals surface area (Å²) in [6.45, 7) is 0.948. The van der Waals surface area contributed by atoms with Crippen molar-refractivity contribution in [3.8, 4) is 5.75 Å². The van der Waals surface area contributed by atoms with E-state index in [0.29, 0.717) is 26.0 Å². The van der Waals surface area contributed by atoms with E-state index in [1.807, 2.05) is 48.5 Å². The predicted molar refractivity (Wildman–Crippen MR) is 94.0 cm³/mol. The van der Waals surface area contributed by atoms with Crippen molar-refractivity contribution in [3.63, 3.8) is 0 Å². The number of amides is 1. The van der Waals surface area contributed by atoms with Gasteiger partial charge in [0.15, 0.2) is 0 Å². The van der Waals surface area contributed by atoms with E-state index in [1.165, 1.54) is 0 Å². The number of para-hydroxylation sites is 2. The molecule has 0 bridgehead atoms. The van der Waals surface area contributed by atoms with Crippen molar-refractivity contribution >= 4 is 22.6 Å². The molecule has 0 radical (unpaired) electrons. The number of ether oxygens (including phenoxy) is 1. The number of aromatic nitrogens is 2. The van der Waals surface area contributed by atoms with E-state index < -0.39 is 0 Å². The minimum Gasteiger partial charge on any atom is -0.492 e. The Morgan fingerprint density at radius 2 is 1.96 bits per heavy atom. The molecule has 0 aliphatic heterocycles. The Balaban J connectivity index is 1.51. The first-order chi connectivity index (χ1) is 11.7. The smallest absolute Gasteiger partial charge is 0.224 e. The highest BCUT2D eigenvalue weighted by Crippen LogP contribution is 2.16. The molecule has 24 heavy (non-hydrogen) atoms.